The van der Waals surface area contributed by atoms with Gasteiger partial charge in [0.1, 0.15) is 0 Å². The van der Waals surface area contributed by atoms with Gasteiger partial charge in [-0.2, -0.15) is 0 Å². The quantitative estimate of drug-likeness (QED) is 0.174. The van der Waals surface area contributed by atoms with Crippen LogP contribution in [-0.4, -0.2) is 4.57 Å². The highest BCUT2D eigenvalue weighted by atomic mass is 15.2. The van der Waals surface area contributed by atoms with Crippen LogP contribution < -0.4 is 4.90 Å². The Labute approximate surface area is 347 Å². The van der Waals surface area contributed by atoms with Crippen molar-refractivity contribution in [2.24, 2.45) is 0 Å². The Balaban J connectivity index is 1.28. The molecule has 0 fully saturated rings. The van der Waals surface area contributed by atoms with E-state index in [4.69, 9.17) is 0 Å². The number of rotatable bonds is 3. The van der Waals surface area contributed by atoms with Crippen LogP contribution in [0.25, 0.3) is 60.9 Å². The fourth-order valence-electron chi connectivity index (χ4n) is 11.7. The maximum Gasteiger partial charge on any atom is 0.0559 e. The summed E-state index contributed by atoms with van der Waals surface area (Å²) >= 11 is 0. The number of benzene rings is 8. The average Bonchev–Trinajstić information content (AvgIpc) is 3.82. The molecule has 0 saturated carbocycles. The summed E-state index contributed by atoms with van der Waals surface area (Å²) in [5, 5.41) is 2.51. The van der Waals surface area contributed by atoms with Gasteiger partial charge in [0.2, 0.25) is 0 Å². The molecule has 2 aliphatic carbocycles. The molecule has 2 heteroatoms. The van der Waals surface area contributed by atoms with E-state index in [9.17, 15) is 0 Å². The SMILES string of the molecule is CC(C)(C)c1c2c(c3c4c1-c1ccccc1C4(C)c1c(-c4ccccc4)cccc1N3c1ccc3c(c1)c1ccccc1n3-c1ccccc1)C(C)(C)c1ccccc1-2. The molecule has 0 saturated heterocycles. The lowest BCUT2D eigenvalue weighted by Crippen LogP contribution is -2.35. The summed E-state index contributed by atoms with van der Waals surface area (Å²) in [5.41, 5.74) is 23.1. The van der Waals surface area contributed by atoms with Gasteiger partial charge in [-0.3, -0.25) is 0 Å². The second-order valence-electron chi connectivity index (χ2n) is 18.6. The highest BCUT2D eigenvalue weighted by Crippen LogP contribution is 2.70. The Kier molecular flexibility index (Phi) is 6.84. The van der Waals surface area contributed by atoms with E-state index < -0.39 is 5.41 Å². The van der Waals surface area contributed by atoms with E-state index >= 15 is 0 Å². The van der Waals surface area contributed by atoms with Crippen molar-refractivity contribution in [1.82, 2.24) is 4.57 Å². The number of aromatic nitrogens is 1. The smallest absolute Gasteiger partial charge is 0.0559 e. The first-order chi connectivity index (χ1) is 28.6. The van der Waals surface area contributed by atoms with E-state index in [1.54, 1.807) is 0 Å². The number of para-hydroxylation sites is 2. The molecule has 0 radical (unpaired) electrons. The average molecular weight is 759 g/mol. The van der Waals surface area contributed by atoms with Crippen molar-refractivity contribution in [2.45, 2.75) is 57.8 Å². The molecule has 0 amide bonds. The third kappa shape index (κ3) is 4.36. The molecule has 0 spiro atoms. The van der Waals surface area contributed by atoms with Crippen molar-refractivity contribution in [3.05, 3.63) is 203 Å². The zero-order chi connectivity index (χ0) is 40.0. The minimum atomic E-state index is -0.424. The van der Waals surface area contributed by atoms with Gasteiger partial charge < -0.3 is 9.47 Å². The summed E-state index contributed by atoms with van der Waals surface area (Å²) in [6.45, 7) is 14.8. The standard InChI is InChI=1S/C57H46N2/c1-55(2,3)51-48-40-25-13-16-28-43(40)56(4,5)52(48)54-53-49(51)41-26-14-17-29-44(41)57(53,6)50-38(35-20-9-7-10-21-35)27-19-31-47(50)59(54)37-32-33-46-42(34-37)39-24-15-18-30-45(39)58(46)36-22-11-8-12-23-36/h7-34H,1-6H3. The van der Waals surface area contributed by atoms with Crippen LogP contribution in [0.2, 0.25) is 0 Å². The van der Waals surface area contributed by atoms with Gasteiger partial charge >= 0.3 is 0 Å². The Morgan fingerprint density at radius 1 is 0.458 bits per heavy atom. The zero-order valence-corrected chi connectivity index (χ0v) is 34.6. The molecule has 12 rings (SSSR count). The van der Waals surface area contributed by atoms with Crippen LogP contribution in [0, 0.1) is 0 Å². The number of hydrogen-bond donors (Lipinski definition) is 0. The van der Waals surface area contributed by atoms with Gasteiger partial charge in [-0.05, 0) is 122 Å². The summed E-state index contributed by atoms with van der Waals surface area (Å²) in [7, 11) is 0. The first-order valence-corrected chi connectivity index (χ1v) is 21.1. The molecule has 1 atom stereocenters. The van der Waals surface area contributed by atoms with Gasteiger partial charge in [0.25, 0.3) is 0 Å². The topological polar surface area (TPSA) is 8.17 Å². The number of hydrogen-bond acceptors (Lipinski definition) is 1. The molecular weight excluding hydrogens is 713 g/mol. The first kappa shape index (κ1) is 34.4. The van der Waals surface area contributed by atoms with E-state index in [1.165, 1.54) is 111 Å². The lowest BCUT2D eigenvalue weighted by Gasteiger charge is -2.46. The lowest BCUT2D eigenvalue weighted by molar-refractivity contribution is 0.588. The highest BCUT2D eigenvalue weighted by molar-refractivity contribution is 6.12. The van der Waals surface area contributed by atoms with Gasteiger partial charge in [-0.15, -0.1) is 0 Å². The van der Waals surface area contributed by atoms with Crippen LogP contribution in [-0.2, 0) is 16.2 Å². The summed E-state index contributed by atoms with van der Waals surface area (Å²) < 4.78 is 2.42. The Morgan fingerprint density at radius 2 is 1.05 bits per heavy atom. The number of anilines is 3. The van der Waals surface area contributed by atoms with Gasteiger partial charge in [-0.25, -0.2) is 0 Å². The van der Waals surface area contributed by atoms with Crippen LogP contribution in [0.5, 0.6) is 0 Å². The summed E-state index contributed by atoms with van der Waals surface area (Å²) in [6, 6.07) is 63.6. The van der Waals surface area contributed by atoms with Crippen LogP contribution in [0.15, 0.2) is 170 Å². The van der Waals surface area contributed by atoms with E-state index in [0.29, 0.717) is 0 Å². The predicted octanol–water partition coefficient (Wildman–Crippen LogP) is 15.2. The molecular formula is C57H46N2. The predicted molar refractivity (Wildman–Crippen MR) is 248 cm³/mol. The normalized spacial score (nSPS) is 16.8. The maximum atomic E-state index is 2.68. The van der Waals surface area contributed by atoms with Crippen molar-refractivity contribution >= 4 is 38.9 Å². The second kappa shape index (κ2) is 11.7. The van der Waals surface area contributed by atoms with Crippen molar-refractivity contribution < 1.29 is 0 Å². The van der Waals surface area contributed by atoms with Crippen LogP contribution >= 0.6 is 0 Å². The Hall–Kier alpha value is -6.64. The fraction of sp³-hybridized carbons (Fsp3) is 0.158. The first-order valence-electron chi connectivity index (χ1n) is 21.1. The Morgan fingerprint density at radius 3 is 1.80 bits per heavy atom. The molecule has 1 aliphatic heterocycles. The molecule has 3 aliphatic rings. The van der Waals surface area contributed by atoms with E-state index in [-0.39, 0.29) is 10.8 Å². The second-order valence-corrected chi connectivity index (χ2v) is 18.6. The molecule has 1 unspecified atom stereocenters. The van der Waals surface area contributed by atoms with Gasteiger partial charge in [-0.1, -0.05) is 162 Å². The zero-order valence-electron chi connectivity index (χ0n) is 34.6. The lowest BCUT2D eigenvalue weighted by atomic mass is 9.65. The summed E-state index contributed by atoms with van der Waals surface area (Å²) in [6.07, 6.45) is 0. The monoisotopic (exact) mass is 758 g/mol. The van der Waals surface area contributed by atoms with Crippen molar-refractivity contribution in [1.29, 1.82) is 0 Å². The highest BCUT2D eigenvalue weighted by Gasteiger charge is 2.55. The largest absolute Gasteiger partial charge is 0.309 e. The van der Waals surface area contributed by atoms with E-state index in [1.807, 2.05) is 0 Å². The summed E-state index contributed by atoms with van der Waals surface area (Å²) in [4.78, 5) is 2.68. The van der Waals surface area contributed by atoms with Crippen LogP contribution in [0.4, 0.5) is 17.1 Å². The van der Waals surface area contributed by atoms with Crippen molar-refractivity contribution in [3.63, 3.8) is 0 Å². The molecule has 284 valence electrons. The molecule has 1 aromatic heterocycles. The van der Waals surface area contributed by atoms with Gasteiger partial charge in [0.15, 0.2) is 0 Å². The summed E-state index contributed by atoms with van der Waals surface area (Å²) in [5.74, 6) is 0. The fourth-order valence-corrected chi connectivity index (χ4v) is 11.7. The minimum Gasteiger partial charge on any atom is -0.309 e. The molecule has 2 heterocycles. The number of nitrogens with zero attached hydrogens (tertiary/aromatic N) is 2. The molecule has 0 N–H and O–H groups in total. The minimum absolute atomic E-state index is 0.136. The molecule has 9 aromatic rings. The van der Waals surface area contributed by atoms with Crippen molar-refractivity contribution in [3.8, 4) is 39.1 Å². The molecule has 2 nitrogen and oxygen atoms in total. The van der Waals surface area contributed by atoms with Gasteiger partial charge in [0.05, 0.1) is 22.4 Å². The van der Waals surface area contributed by atoms with E-state index in [2.05, 4.69) is 221 Å². The third-order valence-electron chi connectivity index (χ3n) is 14.0. The molecule has 0 bridgehead atoms. The third-order valence-corrected chi connectivity index (χ3v) is 14.0. The van der Waals surface area contributed by atoms with Crippen molar-refractivity contribution in [2.75, 3.05) is 4.90 Å². The maximum absolute atomic E-state index is 2.68. The molecule has 8 aromatic carbocycles. The van der Waals surface area contributed by atoms with Gasteiger partial charge in [0, 0.05) is 33.0 Å². The Bertz CT molecular complexity index is 3230. The number of fused-ring (bicyclic) bond motifs is 12. The van der Waals surface area contributed by atoms with Crippen LogP contribution in [0.3, 0.4) is 0 Å². The van der Waals surface area contributed by atoms with E-state index in [0.717, 1.165) is 0 Å². The molecule has 59 heavy (non-hydrogen) atoms. The van der Waals surface area contributed by atoms with Crippen LogP contribution in [0.1, 0.15) is 74.9 Å².